The number of ether oxygens (including phenoxy) is 1. The Kier molecular flexibility index (Phi) is 8.71. The summed E-state index contributed by atoms with van der Waals surface area (Å²) in [6.07, 6.45) is 3.85. The van der Waals surface area contributed by atoms with Gasteiger partial charge in [0.15, 0.2) is 0 Å². The molecule has 2 aromatic rings. The third-order valence-corrected chi connectivity index (χ3v) is 8.59. The maximum atomic E-state index is 13.9. The maximum absolute atomic E-state index is 13.9. The molecule has 2 aromatic carbocycles. The SMILES string of the molecule is CCCCN(C(=O)CN1C[C@H](c2ccc3c(c2)CCO3)C(C(=O)O)[C@@H]1CN1CCCC1=O)c1cccc(CN)c1. The molecule has 0 aromatic heterocycles. The van der Waals surface area contributed by atoms with Gasteiger partial charge in [-0.1, -0.05) is 37.6 Å². The smallest absolute Gasteiger partial charge is 0.308 e. The summed E-state index contributed by atoms with van der Waals surface area (Å²) in [7, 11) is 0. The van der Waals surface area contributed by atoms with Crippen molar-refractivity contribution in [2.75, 3.05) is 44.2 Å². The quantitative estimate of drug-likeness (QED) is 0.443. The van der Waals surface area contributed by atoms with Crippen LogP contribution >= 0.6 is 0 Å². The number of hydrogen-bond acceptors (Lipinski definition) is 6. The topological polar surface area (TPSA) is 116 Å². The van der Waals surface area contributed by atoms with Gasteiger partial charge in [-0.05, 0) is 47.7 Å². The molecule has 0 aliphatic carbocycles. The van der Waals surface area contributed by atoms with Gasteiger partial charge in [0.05, 0.1) is 19.1 Å². The number of rotatable bonds is 11. The van der Waals surface area contributed by atoms with E-state index in [-0.39, 0.29) is 24.3 Å². The van der Waals surface area contributed by atoms with Gasteiger partial charge in [-0.3, -0.25) is 19.3 Å². The highest BCUT2D eigenvalue weighted by molar-refractivity contribution is 5.95. The maximum Gasteiger partial charge on any atom is 0.308 e. The van der Waals surface area contributed by atoms with Crippen molar-refractivity contribution in [1.82, 2.24) is 9.80 Å². The number of likely N-dealkylation sites (tertiary alicyclic amines) is 2. The van der Waals surface area contributed by atoms with Crippen molar-refractivity contribution >= 4 is 23.5 Å². The highest BCUT2D eigenvalue weighted by Gasteiger charge is 2.48. The molecule has 1 unspecified atom stereocenters. The highest BCUT2D eigenvalue weighted by atomic mass is 16.5. The van der Waals surface area contributed by atoms with Gasteiger partial charge >= 0.3 is 5.97 Å². The first-order valence-corrected chi connectivity index (χ1v) is 14.5. The number of nitrogens with two attached hydrogens (primary N) is 1. The minimum Gasteiger partial charge on any atom is -0.493 e. The van der Waals surface area contributed by atoms with Crippen LogP contribution < -0.4 is 15.4 Å². The van der Waals surface area contributed by atoms with Crippen LogP contribution in [0.5, 0.6) is 5.75 Å². The van der Waals surface area contributed by atoms with E-state index in [1.165, 1.54) is 0 Å². The van der Waals surface area contributed by atoms with Crippen molar-refractivity contribution in [1.29, 1.82) is 0 Å². The Labute approximate surface area is 235 Å². The second-order valence-electron chi connectivity index (χ2n) is 11.1. The standard InChI is InChI=1S/C31H40N4O5/c1-2-3-13-35(24-7-4-6-21(15-24)17-32)29(37)20-34-18-25(22-9-10-27-23(16-22)11-14-40-27)30(31(38)39)26(34)19-33-12-5-8-28(33)36/h4,6-7,9-10,15-16,25-26,30H,2-3,5,8,11-14,17-20,32H2,1H3,(H,38,39)/t25-,26+,30?/m1/s1. The van der Waals surface area contributed by atoms with E-state index in [9.17, 15) is 19.5 Å². The number of carbonyl (C=O) groups excluding carboxylic acids is 2. The Morgan fingerprint density at radius 1 is 1.18 bits per heavy atom. The summed E-state index contributed by atoms with van der Waals surface area (Å²) in [5.41, 5.74) is 9.66. The zero-order chi connectivity index (χ0) is 28.2. The Bertz CT molecular complexity index is 1250. The van der Waals surface area contributed by atoms with Gasteiger partial charge < -0.3 is 25.4 Å². The van der Waals surface area contributed by atoms with Crippen molar-refractivity contribution in [2.45, 2.75) is 57.5 Å². The molecule has 9 nitrogen and oxygen atoms in total. The third kappa shape index (κ3) is 5.86. The monoisotopic (exact) mass is 548 g/mol. The molecular formula is C31H40N4O5. The first-order chi connectivity index (χ1) is 19.4. The summed E-state index contributed by atoms with van der Waals surface area (Å²) in [5.74, 6) is -1.11. The van der Waals surface area contributed by atoms with E-state index in [0.717, 1.165) is 53.8 Å². The van der Waals surface area contributed by atoms with Crippen LogP contribution in [0.3, 0.4) is 0 Å². The summed E-state index contributed by atoms with van der Waals surface area (Å²) < 4.78 is 5.67. The minimum absolute atomic E-state index is 0.0525. The third-order valence-electron chi connectivity index (χ3n) is 8.59. The van der Waals surface area contributed by atoms with Crippen LogP contribution in [0.25, 0.3) is 0 Å². The number of carboxylic acids is 1. The summed E-state index contributed by atoms with van der Waals surface area (Å²) >= 11 is 0. The average molecular weight is 549 g/mol. The van der Waals surface area contributed by atoms with Gasteiger partial charge in [0.25, 0.3) is 0 Å². The van der Waals surface area contributed by atoms with Gasteiger partial charge in [-0.15, -0.1) is 0 Å². The summed E-state index contributed by atoms with van der Waals surface area (Å²) in [4.78, 5) is 44.9. The summed E-state index contributed by atoms with van der Waals surface area (Å²) in [6, 6.07) is 13.2. The fraction of sp³-hybridized carbons (Fsp3) is 0.516. The summed E-state index contributed by atoms with van der Waals surface area (Å²) in [6.45, 7) is 5.12. The van der Waals surface area contributed by atoms with Gasteiger partial charge in [-0.2, -0.15) is 0 Å². The van der Waals surface area contributed by atoms with Crippen molar-refractivity contribution in [3.8, 4) is 5.75 Å². The first-order valence-electron chi connectivity index (χ1n) is 14.5. The van der Waals surface area contributed by atoms with E-state index in [1.54, 1.807) is 9.80 Å². The minimum atomic E-state index is -0.896. The predicted octanol–water partition coefficient (Wildman–Crippen LogP) is 3.00. The molecule has 0 radical (unpaired) electrons. The average Bonchev–Trinajstić information content (AvgIpc) is 3.68. The molecule has 40 heavy (non-hydrogen) atoms. The number of aliphatic carboxylic acids is 1. The second kappa shape index (κ2) is 12.4. The molecule has 2 amide bonds. The molecule has 2 saturated heterocycles. The predicted molar refractivity (Wildman–Crippen MR) is 152 cm³/mol. The fourth-order valence-electron chi connectivity index (χ4n) is 6.44. The van der Waals surface area contributed by atoms with Crippen LogP contribution in [-0.2, 0) is 27.3 Å². The number of anilines is 1. The lowest BCUT2D eigenvalue weighted by molar-refractivity contribution is -0.144. The zero-order valence-electron chi connectivity index (χ0n) is 23.3. The Hall–Kier alpha value is -3.43. The molecule has 214 valence electrons. The van der Waals surface area contributed by atoms with E-state index in [2.05, 4.69) is 13.0 Å². The number of amides is 2. The van der Waals surface area contributed by atoms with Crippen molar-refractivity contribution in [2.24, 2.45) is 11.7 Å². The first kappa shape index (κ1) is 28.1. The fourth-order valence-corrected chi connectivity index (χ4v) is 6.44. The molecular weight excluding hydrogens is 508 g/mol. The molecule has 3 atom stereocenters. The van der Waals surface area contributed by atoms with Crippen LogP contribution in [0.2, 0.25) is 0 Å². The lowest BCUT2D eigenvalue weighted by atomic mass is 9.84. The molecule has 5 rings (SSSR count). The van der Waals surface area contributed by atoms with E-state index < -0.39 is 17.9 Å². The summed E-state index contributed by atoms with van der Waals surface area (Å²) in [5, 5.41) is 10.5. The molecule has 3 aliphatic heterocycles. The van der Waals surface area contributed by atoms with Gasteiger partial charge in [0, 0.05) is 63.2 Å². The van der Waals surface area contributed by atoms with Crippen LogP contribution in [-0.4, -0.2) is 78.1 Å². The largest absolute Gasteiger partial charge is 0.493 e. The lowest BCUT2D eigenvalue weighted by Crippen LogP contribution is -2.49. The molecule has 0 bridgehead atoms. The van der Waals surface area contributed by atoms with Crippen LogP contribution in [0.1, 0.15) is 55.2 Å². The molecule has 0 spiro atoms. The number of carbonyl (C=O) groups is 3. The van der Waals surface area contributed by atoms with Crippen LogP contribution in [0.4, 0.5) is 5.69 Å². The molecule has 3 heterocycles. The van der Waals surface area contributed by atoms with Crippen molar-refractivity contribution in [3.05, 3.63) is 59.2 Å². The van der Waals surface area contributed by atoms with Gasteiger partial charge in [0.2, 0.25) is 11.8 Å². The molecule has 2 fully saturated rings. The van der Waals surface area contributed by atoms with Crippen LogP contribution in [0.15, 0.2) is 42.5 Å². The number of hydrogen-bond donors (Lipinski definition) is 2. The van der Waals surface area contributed by atoms with Gasteiger partial charge in [-0.25, -0.2) is 0 Å². The van der Waals surface area contributed by atoms with Crippen molar-refractivity contribution in [3.63, 3.8) is 0 Å². The van der Waals surface area contributed by atoms with Gasteiger partial charge in [0.1, 0.15) is 5.75 Å². The highest BCUT2D eigenvalue weighted by Crippen LogP contribution is 2.40. The van der Waals surface area contributed by atoms with Crippen LogP contribution in [0, 0.1) is 5.92 Å². The van der Waals surface area contributed by atoms with Crippen molar-refractivity contribution < 1.29 is 24.2 Å². The number of fused-ring (bicyclic) bond motifs is 1. The second-order valence-corrected chi connectivity index (χ2v) is 11.1. The van der Waals surface area contributed by atoms with E-state index in [1.807, 2.05) is 41.3 Å². The Morgan fingerprint density at radius 3 is 2.75 bits per heavy atom. The number of nitrogens with zero attached hydrogens (tertiary/aromatic N) is 3. The molecule has 0 saturated carbocycles. The lowest BCUT2D eigenvalue weighted by Gasteiger charge is -2.32. The van der Waals surface area contributed by atoms with E-state index >= 15 is 0 Å². The van der Waals surface area contributed by atoms with E-state index in [0.29, 0.717) is 45.8 Å². The number of benzene rings is 2. The molecule has 3 N–H and O–H groups in total. The molecule has 9 heteroatoms. The number of carboxylic acid groups (broad SMARTS) is 1. The zero-order valence-corrected chi connectivity index (χ0v) is 23.3. The van der Waals surface area contributed by atoms with E-state index in [4.69, 9.17) is 10.5 Å². The Morgan fingerprint density at radius 2 is 2.02 bits per heavy atom. The Balaban J connectivity index is 1.45. The number of unbranched alkanes of at least 4 members (excludes halogenated alkanes) is 1. The normalized spacial score (nSPS) is 22.4. The molecule has 3 aliphatic rings.